The highest BCUT2D eigenvalue weighted by Gasteiger charge is 2.46. The number of imide groups is 1. The second-order valence-corrected chi connectivity index (χ2v) is 26.3. The lowest BCUT2D eigenvalue weighted by Crippen LogP contribution is -2.30. The zero-order chi connectivity index (χ0) is 56.3. The molecular formula is C53H63N4O16S4+. The van der Waals surface area contributed by atoms with Crippen molar-refractivity contribution >= 4 is 75.3 Å². The van der Waals surface area contributed by atoms with Crippen LogP contribution >= 0.6 is 0 Å². The first kappa shape index (κ1) is 58.6. The number of amides is 3. The van der Waals surface area contributed by atoms with Gasteiger partial charge in [-0.2, -0.15) is 38.2 Å². The Morgan fingerprint density at radius 3 is 1.96 bits per heavy atom. The molecule has 0 atom stereocenters. The smallest absolute Gasteiger partial charge is 0.294 e. The molecule has 0 saturated carbocycles. The molecule has 0 unspecified atom stereocenters. The minimum atomic E-state index is -4.62. The van der Waals surface area contributed by atoms with Crippen LogP contribution in [0.3, 0.4) is 0 Å². The minimum absolute atomic E-state index is 0.122. The second-order valence-electron chi connectivity index (χ2n) is 20.3. The third-order valence-corrected chi connectivity index (χ3v) is 17.2. The molecule has 77 heavy (non-hydrogen) atoms. The molecule has 414 valence electrons. The normalized spacial score (nSPS) is 18.6. The zero-order valence-corrected chi connectivity index (χ0v) is 46.3. The average Bonchev–Trinajstić information content (AvgIpc) is 3.90. The molecule has 5 N–H and O–H groups in total. The standard InChI is InChI=1S/C53H62N4O16S4/c1-52(2)42-34-40(76(67,68)69)19-21-44(42)55(30-32-74(61,62)63)46(52)23-15-37-10-9-11-38(16-24-47-53(3,4)43-35-41(77(70,71)72)20-22-45(43)56(47)31-33-75(64,65)66)51(37)73-39-17-12-36(13-18-39)14-25-48(58)54-28-7-5-6-8-29-57-49(59)26-27-50(57)60/h12-13,15-24,26-27,34-35H,5-11,14,25,28-33H2,1-4H3,(H4-,54,58,61,62,63,64,65,66,67,68,69,70,71,72)/p+1. The number of nitrogens with one attached hydrogen (secondary N) is 1. The van der Waals surface area contributed by atoms with E-state index in [4.69, 9.17) is 4.74 Å². The molecule has 0 fully saturated rings. The summed E-state index contributed by atoms with van der Waals surface area (Å²) in [4.78, 5) is 38.4. The van der Waals surface area contributed by atoms with Gasteiger partial charge in [0, 0.05) is 72.7 Å². The number of fused-ring (bicyclic) bond motifs is 2. The van der Waals surface area contributed by atoms with Gasteiger partial charge >= 0.3 is 0 Å². The van der Waals surface area contributed by atoms with Crippen molar-refractivity contribution in [3.05, 3.63) is 136 Å². The number of rotatable bonds is 23. The number of nitrogens with zero attached hydrogens (tertiary/aromatic N) is 3. The van der Waals surface area contributed by atoms with Gasteiger partial charge in [0.1, 0.15) is 17.3 Å². The topological polar surface area (TPSA) is 299 Å². The molecule has 3 aliphatic heterocycles. The van der Waals surface area contributed by atoms with Gasteiger partial charge in [-0.05, 0) is 129 Å². The Hall–Kier alpha value is -6.12. The summed E-state index contributed by atoms with van der Waals surface area (Å²) in [6.45, 7) is 7.66. The van der Waals surface area contributed by atoms with E-state index in [0.29, 0.717) is 102 Å². The maximum absolute atomic E-state index is 12.8. The van der Waals surface area contributed by atoms with E-state index < -0.39 is 62.8 Å². The molecule has 20 nitrogen and oxygen atoms in total. The molecule has 7 rings (SSSR count). The summed E-state index contributed by atoms with van der Waals surface area (Å²) in [7, 11) is -18.2. The van der Waals surface area contributed by atoms with Crippen LogP contribution in [-0.4, -0.2) is 122 Å². The Morgan fingerprint density at radius 1 is 0.701 bits per heavy atom. The van der Waals surface area contributed by atoms with Crippen LogP contribution in [-0.2, 0) is 72.1 Å². The van der Waals surface area contributed by atoms with Crippen LogP contribution in [0.1, 0.15) is 95.8 Å². The fraction of sp³-hybridized carbons (Fsp3) is 0.396. The molecule has 3 aromatic carbocycles. The number of allylic oxidation sites excluding steroid dienone is 7. The molecule has 3 amide bonds. The quantitative estimate of drug-likeness (QED) is 0.0291. The Kier molecular flexibility index (Phi) is 17.5. The van der Waals surface area contributed by atoms with Crippen molar-refractivity contribution in [3.8, 4) is 5.75 Å². The van der Waals surface area contributed by atoms with E-state index in [2.05, 4.69) is 5.32 Å². The highest BCUT2D eigenvalue weighted by Crippen LogP contribution is 2.49. The Morgan fingerprint density at radius 2 is 1.32 bits per heavy atom. The first-order chi connectivity index (χ1) is 35.9. The molecule has 3 heterocycles. The fourth-order valence-electron chi connectivity index (χ4n) is 10.1. The highest BCUT2D eigenvalue weighted by molar-refractivity contribution is 7.86. The van der Waals surface area contributed by atoms with Crippen LogP contribution in [0, 0.1) is 0 Å². The number of carbonyl (C=O) groups excluding carboxylic acids is 3. The number of aryl methyl sites for hydroxylation is 1. The predicted molar refractivity (Wildman–Crippen MR) is 287 cm³/mol. The lowest BCUT2D eigenvalue weighted by molar-refractivity contribution is -0.432. The van der Waals surface area contributed by atoms with Gasteiger partial charge < -0.3 is 15.0 Å². The number of hydrogen-bond acceptors (Lipinski definition) is 13. The fourth-order valence-corrected chi connectivity index (χ4v) is 11.9. The molecule has 0 spiro atoms. The summed E-state index contributed by atoms with van der Waals surface area (Å²) in [6, 6.07) is 15.2. The van der Waals surface area contributed by atoms with Gasteiger partial charge in [-0.3, -0.25) is 37.5 Å². The van der Waals surface area contributed by atoms with Gasteiger partial charge in [0.2, 0.25) is 11.6 Å². The number of carbonyl (C=O) groups is 3. The van der Waals surface area contributed by atoms with Gasteiger partial charge in [0.05, 0.1) is 21.0 Å². The summed E-state index contributed by atoms with van der Waals surface area (Å²) in [5.41, 5.74) is 3.25. The largest absolute Gasteiger partial charge is 0.457 e. The maximum Gasteiger partial charge on any atom is 0.294 e. The molecule has 4 aliphatic rings. The first-order valence-electron chi connectivity index (χ1n) is 24.9. The van der Waals surface area contributed by atoms with Gasteiger partial charge in [-0.25, -0.2) is 0 Å². The first-order valence-corrected chi connectivity index (χ1v) is 31.0. The summed E-state index contributed by atoms with van der Waals surface area (Å²) in [5.74, 6) is -1.18. The summed E-state index contributed by atoms with van der Waals surface area (Å²) >= 11 is 0. The third kappa shape index (κ3) is 14.3. The van der Waals surface area contributed by atoms with Crippen molar-refractivity contribution in [2.45, 2.75) is 106 Å². The van der Waals surface area contributed by atoms with E-state index in [1.54, 1.807) is 33.8 Å². The minimum Gasteiger partial charge on any atom is -0.457 e. The van der Waals surface area contributed by atoms with Gasteiger partial charge in [-0.15, -0.1) is 0 Å². The molecule has 24 heteroatoms. The van der Waals surface area contributed by atoms with Crippen LogP contribution in [0.25, 0.3) is 0 Å². The van der Waals surface area contributed by atoms with E-state index in [1.165, 1.54) is 53.5 Å². The Bertz CT molecular complexity index is 3500. The summed E-state index contributed by atoms with van der Waals surface area (Å²) in [5, 5.41) is 2.94. The van der Waals surface area contributed by atoms with Gasteiger partial charge in [-0.1, -0.05) is 44.9 Å². The van der Waals surface area contributed by atoms with Crippen molar-refractivity contribution < 1.29 is 75.6 Å². The van der Waals surface area contributed by atoms with Crippen molar-refractivity contribution in [1.29, 1.82) is 0 Å². The van der Waals surface area contributed by atoms with E-state index in [-0.39, 0.29) is 47.0 Å². The van der Waals surface area contributed by atoms with Crippen LogP contribution in [0.4, 0.5) is 11.4 Å². The second kappa shape index (κ2) is 23.1. The van der Waals surface area contributed by atoms with Crippen molar-refractivity contribution in [2.24, 2.45) is 0 Å². The van der Waals surface area contributed by atoms with Crippen molar-refractivity contribution in [2.75, 3.05) is 42.6 Å². The van der Waals surface area contributed by atoms with Gasteiger partial charge in [0.15, 0.2) is 12.3 Å². The third-order valence-electron chi connectivity index (χ3n) is 14.1. The van der Waals surface area contributed by atoms with Crippen LogP contribution in [0.5, 0.6) is 5.75 Å². The van der Waals surface area contributed by atoms with Crippen LogP contribution in [0.15, 0.2) is 130 Å². The van der Waals surface area contributed by atoms with Crippen molar-refractivity contribution in [1.82, 2.24) is 10.2 Å². The van der Waals surface area contributed by atoms with Crippen molar-refractivity contribution in [3.63, 3.8) is 0 Å². The molecule has 0 radical (unpaired) electrons. The summed E-state index contributed by atoms with van der Waals surface area (Å²) in [6.07, 6.45) is 15.0. The highest BCUT2D eigenvalue weighted by atomic mass is 32.2. The lowest BCUT2D eigenvalue weighted by atomic mass is 9.81. The number of benzene rings is 3. The number of hydrogen-bond donors (Lipinski definition) is 5. The lowest BCUT2D eigenvalue weighted by Gasteiger charge is -2.27. The van der Waals surface area contributed by atoms with Crippen LogP contribution < -0.4 is 15.0 Å². The molecule has 0 saturated heterocycles. The average molecular weight is 1140 g/mol. The molecule has 3 aromatic rings. The molecule has 0 aromatic heterocycles. The number of anilines is 1. The number of unbranched alkanes of at least 4 members (excludes halogenated alkanes) is 3. The zero-order valence-electron chi connectivity index (χ0n) is 43.0. The monoisotopic (exact) mass is 1140 g/mol. The predicted octanol–water partition coefficient (Wildman–Crippen LogP) is 6.55. The van der Waals surface area contributed by atoms with E-state index in [9.17, 15) is 66.3 Å². The van der Waals surface area contributed by atoms with Crippen LogP contribution in [0.2, 0.25) is 0 Å². The Labute approximate surface area is 449 Å². The Balaban J connectivity index is 1.19. The van der Waals surface area contributed by atoms with E-state index in [0.717, 1.165) is 24.8 Å². The van der Waals surface area contributed by atoms with Gasteiger partial charge in [0.25, 0.3) is 52.3 Å². The van der Waals surface area contributed by atoms with E-state index in [1.807, 2.05) is 52.0 Å². The molecule has 1 aliphatic carbocycles. The maximum atomic E-state index is 12.8. The SMILES string of the molecule is CC1(C)C(/C=C/C2=C(Oc3ccc(CCC(=O)NCCCCCCN4C(=O)C=CC4=O)cc3)C(=C/C=C3/N(CCS(=O)(=O)O)c4ccc(S(=O)(=O)O)cc4C3(C)C)/CCC2)=[N+](CCS(=O)(=O)O)c2ccc(S(=O)(=O)O)cc21. The summed E-state index contributed by atoms with van der Waals surface area (Å²) < 4.78 is 145. The van der Waals surface area contributed by atoms with E-state index >= 15 is 0 Å². The molecular weight excluding hydrogens is 1080 g/mol. The molecule has 0 bridgehead atoms. The number of ether oxygens (including phenoxy) is 1.